The highest BCUT2D eigenvalue weighted by Crippen LogP contribution is 2.29. The molecule has 0 saturated carbocycles. The van der Waals surface area contributed by atoms with Crippen molar-refractivity contribution in [3.63, 3.8) is 0 Å². The van der Waals surface area contributed by atoms with Gasteiger partial charge in [0, 0.05) is 13.1 Å². The van der Waals surface area contributed by atoms with E-state index in [-0.39, 0.29) is 19.5 Å². The van der Waals surface area contributed by atoms with Crippen LogP contribution in [0.25, 0.3) is 0 Å². The van der Waals surface area contributed by atoms with Crippen LogP contribution in [0.15, 0.2) is 17.0 Å². The zero-order chi connectivity index (χ0) is 14.4. The molecular weight excluding hydrogens is 283 g/mol. The minimum atomic E-state index is -4.29. The molecule has 0 amide bonds. The summed E-state index contributed by atoms with van der Waals surface area (Å²) in [6.45, 7) is 1.23. The number of aliphatic hydroxyl groups is 1. The summed E-state index contributed by atoms with van der Waals surface area (Å²) in [6, 6.07) is 1.23. The molecule has 2 rings (SSSR count). The van der Waals surface area contributed by atoms with Gasteiger partial charge >= 0.3 is 0 Å². The van der Waals surface area contributed by atoms with Crippen molar-refractivity contribution in [2.24, 2.45) is 0 Å². The molecule has 1 unspecified atom stereocenters. The first kappa shape index (κ1) is 14.3. The molecule has 1 fully saturated rings. The quantitative estimate of drug-likeness (QED) is 0.835. The van der Waals surface area contributed by atoms with Crippen molar-refractivity contribution in [1.29, 1.82) is 0 Å². The summed E-state index contributed by atoms with van der Waals surface area (Å²) < 4.78 is 64.4. The molecule has 1 saturated heterocycles. The lowest BCUT2D eigenvalue weighted by molar-refractivity contribution is 0.0762. The van der Waals surface area contributed by atoms with Crippen LogP contribution in [0.3, 0.4) is 0 Å². The highest BCUT2D eigenvalue weighted by Gasteiger charge is 2.40. The second-order valence-corrected chi connectivity index (χ2v) is 6.67. The summed E-state index contributed by atoms with van der Waals surface area (Å²) in [5.41, 5.74) is -1.21. The highest BCUT2D eigenvalue weighted by atomic mass is 32.2. The normalized spacial score (nSPS) is 24.9. The van der Waals surface area contributed by atoms with Crippen LogP contribution in [-0.2, 0) is 10.0 Å². The zero-order valence-electron chi connectivity index (χ0n) is 10.0. The molecule has 1 aromatic rings. The van der Waals surface area contributed by atoms with Crippen molar-refractivity contribution in [2.45, 2.75) is 23.8 Å². The Bertz CT molecular complexity index is 616. The number of halogens is 3. The fourth-order valence-electron chi connectivity index (χ4n) is 1.96. The van der Waals surface area contributed by atoms with Gasteiger partial charge in [-0.2, -0.15) is 4.31 Å². The molecular formula is C11H12F3NO3S. The van der Waals surface area contributed by atoms with Gasteiger partial charge in [0.05, 0.1) is 5.60 Å². The Morgan fingerprint density at radius 3 is 2.42 bits per heavy atom. The second kappa shape index (κ2) is 4.46. The lowest BCUT2D eigenvalue weighted by atomic mass is 10.1. The van der Waals surface area contributed by atoms with Crippen LogP contribution in [0.5, 0.6) is 0 Å². The number of β-amino-alcohol motifs (C(OH)–C–C–N with tert-alkyl or cyclic N) is 1. The van der Waals surface area contributed by atoms with Gasteiger partial charge in [-0.05, 0) is 25.5 Å². The standard InChI is InChI=1S/C11H12F3NO3S/c1-11(16)4-5-15(6-11)19(17,18)8-3-2-7(12)9(13)10(8)14/h2-3,16H,4-6H2,1H3. The van der Waals surface area contributed by atoms with Gasteiger partial charge < -0.3 is 5.11 Å². The molecule has 4 nitrogen and oxygen atoms in total. The van der Waals surface area contributed by atoms with E-state index in [9.17, 15) is 26.7 Å². The van der Waals surface area contributed by atoms with Crippen molar-refractivity contribution >= 4 is 10.0 Å². The number of hydrogen-bond acceptors (Lipinski definition) is 3. The molecule has 1 heterocycles. The molecule has 1 aliphatic heterocycles. The number of hydrogen-bond donors (Lipinski definition) is 1. The Labute approximate surface area is 108 Å². The summed E-state index contributed by atoms with van der Waals surface area (Å²) in [5, 5.41) is 9.71. The van der Waals surface area contributed by atoms with Gasteiger partial charge in [0.1, 0.15) is 4.90 Å². The van der Waals surface area contributed by atoms with Gasteiger partial charge in [-0.25, -0.2) is 21.6 Å². The summed E-state index contributed by atoms with van der Waals surface area (Å²) in [6.07, 6.45) is 0.192. The van der Waals surface area contributed by atoms with Gasteiger partial charge in [0.15, 0.2) is 17.5 Å². The minimum Gasteiger partial charge on any atom is -0.389 e. The van der Waals surface area contributed by atoms with Gasteiger partial charge in [-0.1, -0.05) is 0 Å². The molecule has 1 N–H and O–H groups in total. The average molecular weight is 295 g/mol. The first-order valence-electron chi connectivity index (χ1n) is 5.51. The molecule has 0 radical (unpaired) electrons. The van der Waals surface area contributed by atoms with E-state index in [1.807, 2.05) is 0 Å². The van der Waals surface area contributed by atoms with Gasteiger partial charge in [-0.3, -0.25) is 0 Å². The van der Waals surface area contributed by atoms with Crippen LogP contribution in [0.4, 0.5) is 13.2 Å². The summed E-state index contributed by atoms with van der Waals surface area (Å²) >= 11 is 0. The van der Waals surface area contributed by atoms with Crippen LogP contribution in [0.1, 0.15) is 13.3 Å². The Morgan fingerprint density at radius 2 is 1.89 bits per heavy atom. The van der Waals surface area contributed by atoms with Crippen molar-refractivity contribution in [3.8, 4) is 0 Å². The number of rotatable bonds is 2. The Kier molecular flexibility index (Phi) is 3.36. The van der Waals surface area contributed by atoms with E-state index in [2.05, 4.69) is 0 Å². The predicted molar refractivity (Wildman–Crippen MR) is 60.3 cm³/mol. The van der Waals surface area contributed by atoms with Gasteiger partial charge in [0.2, 0.25) is 10.0 Å². The Balaban J connectivity index is 2.44. The van der Waals surface area contributed by atoms with E-state index in [1.165, 1.54) is 6.92 Å². The van der Waals surface area contributed by atoms with Gasteiger partial charge in [0.25, 0.3) is 0 Å². The molecule has 0 aromatic heterocycles. The Hall–Kier alpha value is -1.12. The van der Waals surface area contributed by atoms with Crippen molar-refractivity contribution in [2.75, 3.05) is 13.1 Å². The van der Waals surface area contributed by atoms with Crippen LogP contribution < -0.4 is 0 Å². The summed E-state index contributed by atoms with van der Waals surface area (Å²) in [4.78, 5) is -0.927. The van der Waals surface area contributed by atoms with Gasteiger partial charge in [-0.15, -0.1) is 0 Å². The number of benzene rings is 1. The van der Waals surface area contributed by atoms with E-state index in [4.69, 9.17) is 0 Å². The first-order valence-corrected chi connectivity index (χ1v) is 6.95. The van der Waals surface area contributed by atoms with Crippen LogP contribution in [0, 0.1) is 17.5 Å². The van der Waals surface area contributed by atoms with Crippen molar-refractivity contribution in [3.05, 3.63) is 29.6 Å². The van der Waals surface area contributed by atoms with E-state index < -0.39 is 38.0 Å². The molecule has 1 aliphatic rings. The monoisotopic (exact) mass is 295 g/mol. The zero-order valence-corrected chi connectivity index (χ0v) is 10.8. The van der Waals surface area contributed by atoms with Crippen molar-refractivity contribution in [1.82, 2.24) is 4.31 Å². The average Bonchev–Trinajstić information content (AvgIpc) is 2.67. The third-order valence-electron chi connectivity index (χ3n) is 3.03. The van der Waals surface area contributed by atoms with Crippen LogP contribution in [0.2, 0.25) is 0 Å². The summed E-state index contributed by atoms with van der Waals surface area (Å²) in [5.74, 6) is -5.02. The molecule has 1 aromatic carbocycles. The molecule has 8 heteroatoms. The third kappa shape index (κ3) is 2.47. The molecule has 0 aliphatic carbocycles. The fourth-order valence-corrected chi connectivity index (χ4v) is 3.57. The lowest BCUT2D eigenvalue weighted by Crippen LogP contribution is -2.34. The van der Waals surface area contributed by atoms with E-state index in [0.717, 1.165) is 4.31 Å². The molecule has 19 heavy (non-hydrogen) atoms. The minimum absolute atomic E-state index is 0.00618. The predicted octanol–water partition coefficient (Wildman–Crippen LogP) is 1.25. The van der Waals surface area contributed by atoms with Crippen LogP contribution in [-0.4, -0.2) is 36.5 Å². The van der Waals surface area contributed by atoms with E-state index in [0.29, 0.717) is 12.1 Å². The van der Waals surface area contributed by atoms with Crippen molar-refractivity contribution < 1.29 is 26.7 Å². The smallest absolute Gasteiger partial charge is 0.246 e. The fraction of sp³-hybridized carbons (Fsp3) is 0.455. The SMILES string of the molecule is CC1(O)CCN(S(=O)(=O)c2ccc(F)c(F)c2F)C1. The van der Waals surface area contributed by atoms with E-state index in [1.54, 1.807) is 0 Å². The topological polar surface area (TPSA) is 57.6 Å². The molecule has 106 valence electrons. The highest BCUT2D eigenvalue weighted by molar-refractivity contribution is 7.89. The summed E-state index contributed by atoms with van der Waals surface area (Å²) in [7, 11) is -4.29. The molecule has 1 atom stereocenters. The number of sulfonamides is 1. The second-order valence-electron chi connectivity index (χ2n) is 4.76. The van der Waals surface area contributed by atoms with Crippen LogP contribution >= 0.6 is 0 Å². The maximum absolute atomic E-state index is 13.5. The largest absolute Gasteiger partial charge is 0.389 e. The third-order valence-corrected chi connectivity index (χ3v) is 4.90. The first-order chi connectivity index (χ1) is 8.65. The lowest BCUT2D eigenvalue weighted by Gasteiger charge is -2.19. The molecule has 0 spiro atoms. The maximum Gasteiger partial charge on any atom is 0.246 e. The Morgan fingerprint density at radius 1 is 1.26 bits per heavy atom. The number of nitrogens with zero attached hydrogens (tertiary/aromatic N) is 1. The molecule has 0 bridgehead atoms. The maximum atomic E-state index is 13.5. The van der Waals surface area contributed by atoms with E-state index >= 15 is 0 Å².